The van der Waals surface area contributed by atoms with Gasteiger partial charge in [-0.15, -0.1) is 0 Å². The van der Waals surface area contributed by atoms with E-state index in [4.69, 9.17) is 9.72 Å². The predicted molar refractivity (Wildman–Crippen MR) is 131 cm³/mol. The first-order valence-electron chi connectivity index (χ1n) is 12.5. The zero-order chi connectivity index (χ0) is 25.0. The van der Waals surface area contributed by atoms with E-state index in [2.05, 4.69) is 22.8 Å². The Morgan fingerprint density at radius 3 is 2.86 bits per heavy atom. The van der Waals surface area contributed by atoms with Crippen LogP contribution in [0.15, 0.2) is 12.1 Å². The number of nitrogens with zero attached hydrogens (tertiary/aromatic N) is 2. The van der Waals surface area contributed by atoms with E-state index >= 15 is 0 Å². The number of rotatable bonds is 11. The number of carboxylic acid groups (broad SMARTS) is 1. The topological polar surface area (TPSA) is 138 Å². The third-order valence-electron chi connectivity index (χ3n) is 7.26. The molecule has 2 atom stereocenters. The standard InChI is InChI=1S/C24H36N4O6S/c1-35(32,33)28-12-3-5-21(28)23(29)27-20(24(30)31)10-13-34-19-14-16(15-19)6-8-18-9-7-17-4-2-11-25-22(17)26-18/h7,9,16,19-21H,2-6,8,10-15H2,1H3,(H,25,26)(H,27,29)(H,30,31)/t16-,19-,20?,21-/m0/s1. The lowest BCUT2D eigenvalue weighted by atomic mass is 9.79. The number of aryl methyl sites for hydroxylation is 2. The maximum Gasteiger partial charge on any atom is 0.326 e. The number of aliphatic carboxylic acids is 1. The minimum atomic E-state index is -3.52. The van der Waals surface area contributed by atoms with Gasteiger partial charge in [0.25, 0.3) is 0 Å². The average molecular weight is 509 g/mol. The molecule has 1 aliphatic carbocycles. The molecule has 1 aromatic rings. The predicted octanol–water partition coefficient (Wildman–Crippen LogP) is 1.55. The molecule has 11 heteroatoms. The quantitative estimate of drug-likeness (QED) is 0.409. The van der Waals surface area contributed by atoms with Crippen molar-refractivity contribution in [3.05, 3.63) is 23.4 Å². The van der Waals surface area contributed by atoms with Crippen molar-refractivity contribution in [2.75, 3.05) is 31.3 Å². The SMILES string of the molecule is CS(=O)(=O)N1CCC[C@H]1C(=O)NC(CCO[C@H]1C[C@H](CCc2ccc3c(n2)NCCC3)C1)C(=O)O. The van der Waals surface area contributed by atoms with Crippen LogP contribution in [0.25, 0.3) is 0 Å². The van der Waals surface area contributed by atoms with Crippen LogP contribution >= 0.6 is 0 Å². The smallest absolute Gasteiger partial charge is 0.326 e. The normalized spacial score (nSPS) is 25.2. The molecule has 0 bridgehead atoms. The summed E-state index contributed by atoms with van der Waals surface area (Å²) in [6, 6.07) is 2.35. The number of nitrogens with one attached hydrogen (secondary N) is 2. The Morgan fingerprint density at radius 1 is 1.31 bits per heavy atom. The van der Waals surface area contributed by atoms with Crippen LogP contribution in [0.4, 0.5) is 5.82 Å². The molecular formula is C24H36N4O6S. The maximum absolute atomic E-state index is 12.6. The summed E-state index contributed by atoms with van der Waals surface area (Å²) in [6.45, 7) is 1.49. The molecule has 35 heavy (non-hydrogen) atoms. The van der Waals surface area contributed by atoms with E-state index < -0.39 is 34.0 Å². The van der Waals surface area contributed by atoms with Crippen LogP contribution in [0.2, 0.25) is 0 Å². The Labute approximate surface area is 206 Å². The van der Waals surface area contributed by atoms with Crippen LogP contribution in [0.3, 0.4) is 0 Å². The molecule has 1 amide bonds. The molecule has 10 nitrogen and oxygen atoms in total. The summed E-state index contributed by atoms with van der Waals surface area (Å²) in [5.74, 6) is -0.106. The van der Waals surface area contributed by atoms with E-state index in [9.17, 15) is 23.1 Å². The van der Waals surface area contributed by atoms with E-state index in [0.717, 1.165) is 67.1 Å². The summed E-state index contributed by atoms with van der Waals surface area (Å²) < 4.78 is 30.7. The molecular weight excluding hydrogens is 472 g/mol. The lowest BCUT2D eigenvalue weighted by Gasteiger charge is -2.35. The average Bonchev–Trinajstić information content (AvgIpc) is 3.29. The van der Waals surface area contributed by atoms with Crippen LogP contribution in [0.1, 0.15) is 56.2 Å². The lowest BCUT2D eigenvalue weighted by molar-refractivity contribution is -0.143. The number of carboxylic acids is 1. The van der Waals surface area contributed by atoms with E-state index in [0.29, 0.717) is 18.8 Å². The Hall–Kier alpha value is -2.24. The van der Waals surface area contributed by atoms with Crippen LogP contribution in [-0.2, 0) is 37.2 Å². The van der Waals surface area contributed by atoms with Gasteiger partial charge in [0.1, 0.15) is 17.9 Å². The molecule has 2 aliphatic heterocycles. The second-order valence-electron chi connectivity index (χ2n) is 9.93. The van der Waals surface area contributed by atoms with E-state index in [-0.39, 0.29) is 25.7 Å². The van der Waals surface area contributed by atoms with Crippen LogP contribution in [0.5, 0.6) is 0 Å². The molecule has 0 radical (unpaired) electrons. The number of carbonyl (C=O) groups is 2. The van der Waals surface area contributed by atoms with Gasteiger partial charge in [-0.1, -0.05) is 6.07 Å². The fourth-order valence-corrected chi connectivity index (χ4v) is 6.31. The lowest BCUT2D eigenvalue weighted by Crippen LogP contribution is -2.51. The van der Waals surface area contributed by atoms with Crippen molar-refractivity contribution in [2.45, 2.75) is 76.0 Å². The Kier molecular flexibility index (Phi) is 8.28. The molecule has 1 aromatic heterocycles. The van der Waals surface area contributed by atoms with Gasteiger partial charge in [0.2, 0.25) is 15.9 Å². The molecule has 1 saturated heterocycles. The Morgan fingerprint density at radius 2 is 2.11 bits per heavy atom. The summed E-state index contributed by atoms with van der Waals surface area (Å²) in [4.78, 5) is 28.9. The number of ether oxygens (including phenoxy) is 1. The zero-order valence-corrected chi connectivity index (χ0v) is 21.1. The molecule has 3 heterocycles. The second-order valence-corrected chi connectivity index (χ2v) is 11.9. The van der Waals surface area contributed by atoms with Crippen molar-refractivity contribution in [3.8, 4) is 0 Å². The highest BCUT2D eigenvalue weighted by atomic mass is 32.2. The number of hydrogen-bond acceptors (Lipinski definition) is 7. The first-order valence-corrected chi connectivity index (χ1v) is 14.4. The summed E-state index contributed by atoms with van der Waals surface area (Å²) in [7, 11) is -3.52. The fourth-order valence-electron chi connectivity index (χ4n) is 5.18. The number of amides is 1. The van der Waals surface area contributed by atoms with Gasteiger partial charge in [-0.2, -0.15) is 4.31 Å². The van der Waals surface area contributed by atoms with Gasteiger partial charge in [-0.25, -0.2) is 18.2 Å². The number of hydrogen-bond donors (Lipinski definition) is 3. The summed E-state index contributed by atoms with van der Waals surface area (Å²) >= 11 is 0. The van der Waals surface area contributed by atoms with Gasteiger partial charge in [0.15, 0.2) is 0 Å². The molecule has 0 aromatic carbocycles. The van der Waals surface area contributed by atoms with E-state index in [1.807, 2.05) is 0 Å². The Bertz CT molecular complexity index is 1030. The van der Waals surface area contributed by atoms with Gasteiger partial charge in [0.05, 0.1) is 12.4 Å². The van der Waals surface area contributed by atoms with Crippen molar-refractivity contribution in [2.24, 2.45) is 5.92 Å². The van der Waals surface area contributed by atoms with Crippen molar-refractivity contribution in [3.63, 3.8) is 0 Å². The number of aromatic nitrogens is 1. The Balaban J connectivity index is 1.15. The van der Waals surface area contributed by atoms with Gasteiger partial charge < -0.3 is 20.5 Å². The van der Waals surface area contributed by atoms with E-state index in [1.54, 1.807) is 0 Å². The molecule has 3 N–H and O–H groups in total. The highest BCUT2D eigenvalue weighted by Crippen LogP contribution is 2.34. The maximum atomic E-state index is 12.6. The number of fused-ring (bicyclic) bond motifs is 1. The first-order chi connectivity index (χ1) is 16.7. The third kappa shape index (κ3) is 6.71. The molecule has 1 unspecified atom stereocenters. The van der Waals surface area contributed by atoms with Gasteiger partial charge in [-0.05, 0) is 68.9 Å². The van der Waals surface area contributed by atoms with Crippen molar-refractivity contribution >= 4 is 27.7 Å². The largest absolute Gasteiger partial charge is 0.480 e. The van der Waals surface area contributed by atoms with Crippen molar-refractivity contribution in [1.82, 2.24) is 14.6 Å². The molecule has 3 aliphatic rings. The summed E-state index contributed by atoms with van der Waals surface area (Å²) in [6.07, 6.45) is 8.40. The van der Waals surface area contributed by atoms with Gasteiger partial charge >= 0.3 is 5.97 Å². The zero-order valence-electron chi connectivity index (χ0n) is 20.2. The van der Waals surface area contributed by atoms with Gasteiger partial charge in [-0.3, -0.25) is 4.79 Å². The van der Waals surface area contributed by atoms with Crippen molar-refractivity contribution in [1.29, 1.82) is 0 Å². The van der Waals surface area contributed by atoms with Crippen LogP contribution in [-0.4, -0.2) is 78.8 Å². The first kappa shape index (κ1) is 25.8. The third-order valence-corrected chi connectivity index (χ3v) is 8.55. The second kappa shape index (κ2) is 11.2. The fraction of sp³-hybridized carbons (Fsp3) is 0.708. The number of pyridine rings is 1. The highest BCUT2D eigenvalue weighted by molar-refractivity contribution is 7.88. The highest BCUT2D eigenvalue weighted by Gasteiger charge is 2.38. The molecule has 194 valence electrons. The van der Waals surface area contributed by atoms with Gasteiger partial charge in [0, 0.05) is 31.8 Å². The minimum absolute atomic E-state index is 0.110. The number of anilines is 1. The summed E-state index contributed by atoms with van der Waals surface area (Å²) in [5, 5.41) is 15.4. The molecule has 1 saturated carbocycles. The van der Waals surface area contributed by atoms with E-state index in [1.165, 1.54) is 5.56 Å². The molecule has 4 rings (SSSR count). The van der Waals surface area contributed by atoms with Crippen LogP contribution in [0, 0.1) is 5.92 Å². The van der Waals surface area contributed by atoms with Crippen molar-refractivity contribution < 1.29 is 27.9 Å². The molecule has 0 spiro atoms. The minimum Gasteiger partial charge on any atom is -0.480 e. The summed E-state index contributed by atoms with van der Waals surface area (Å²) in [5.41, 5.74) is 2.41. The monoisotopic (exact) mass is 508 g/mol. The number of carbonyl (C=O) groups excluding carboxylic acids is 1. The van der Waals surface area contributed by atoms with Crippen LogP contribution < -0.4 is 10.6 Å². The number of sulfonamides is 1. The molecule has 2 fully saturated rings.